The normalized spacial score (nSPS) is 14.5. The Morgan fingerprint density at radius 1 is 1.27 bits per heavy atom. The van der Waals surface area contributed by atoms with Gasteiger partial charge in [0.2, 0.25) is 0 Å². The van der Waals surface area contributed by atoms with Gasteiger partial charge in [0.05, 0.1) is 0 Å². The van der Waals surface area contributed by atoms with Crippen molar-refractivity contribution in [3.8, 4) is 0 Å². The maximum Gasteiger partial charge on any atom is -0.0125 e. The van der Waals surface area contributed by atoms with Gasteiger partial charge in [-0.3, -0.25) is 0 Å². The van der Waals surface area contributed by atoms with Gasteiger partial charge in [-0.05, 0) is 30.2 Å². The molecule has 0 saturated carbocycles. The van der Waals surface area contributed by atoms with Crippen molar-refractivity contribution < 1.29 is 0 Å². The molecule has 0 bridgehead atoms. The second-order valence-corrected chi connectivity index (χ2v) is 4.38. The molecule has 0 fully saturated rings. The first-order valence-electron chi connectivity index (χ1n) is 5.93. The van der Waals surface area contributed by atoms with Gasteiger partial charge in [-0.15, -0.1) is 6.58 Å². The first-order chi connectivity index (χ1) is 7.27. The molecule has 2 unspecified atom stereocenters. The zero-order valence-electron chi connectivity index (χ0n) is 9.95. The Balaban J connectivity index is 2.69. The predicted octanol–water partition coefficient (Wildman–Crippen LogP) is 4.78. The molecule has 1 rings (SSSR count). The zero-order chi connectivity index (χ0) is 11.1. The molecule has 2 atom stereocenters. The van der Waals surface area contributed by atoms with Crippen molar-refractivity contribution in [1.29, 1.82) is 0 Å². The highest BCUT2D eigenvalue weighted by Gasteiger charge is 2.12. The van der Waals surface area contributed by atoms with E-state index >= 15 is 0 Å². The number of benzene rings is 1. The lowest BCUT2D eigenvalue weighted by molar-refractivity contribution is 0.456. The van der Waals surface area contributed by atoms with Crippen LogP contribution in [-0.2, 0) is 0 Å². The third-order valence-corrected chi connectivity index (χ3v) is 3.11. The summed E-state index contributed by atoms with van der Waals surface area (Å²) in [6, 6.07) is 10.8. The van der Waals surface area contributed by atoms with Crippen molar-refractivity contribution in [1.82, 2.24) is 0 Å². The molecule has 1 aromatic rings. The molecule has 0 aliphatic carbocycles. The Bertz CT molecular complexity index is 273. The third-order valence-electron chi connectivity index (χ3n) is 3.11. The molecule has 0 heteroatoms. The van der Waals surface area contributed by atoms with Crippen LogP contribution >= 0.6 is 0 Å². The van der Waals surface area contributed by atoms with Crippen molar-refractivity contribution in [2.24, 2.45) is 5.92 Å². The smallest absolute Gasteiger partial charge is 0.0125 e. The van der Waals surface area contributed by atoms with E-state index in [4.69, 9.17) is 0 Å². The van der Waals surface area contributed by atoms with Crippen LogP contribution in [0.25, 0.3) is 0 Å². The molecular formula is C15H22. The fourth-order valence-electron chi connectivity index (χ4n) is 1.95. The molecule has 1 aromatic carbocycles. The second-order valence-electron chi connectivity index (χ2n) is 4.38. The van der Waals surface area contributed by atoms with Gasteiger partial charge in [0.1, 0.15) is 0 Å². The van der Waals surface area contributed by atoms with Gasteiger partial charge in [-0.1, -0.05) is 56.7 Å². The molecule has 0 radical (unpaired) electrons. The maximum atomic E-state index is 3.86. The lowest BCUT2D eigenvalue weighted by atomic mass is 9.86. The van der Waals surface area contributed by atoms with E-state index in [0.717, 1.165) is 12.3 Å². The number of rotatable bonds is 6. The van der Waals surface area contributed by atoms with Gasteiger partial charge in [-0.2, -0.15) is 0 Å². The summed E-state index contributed by atoms with van der Waals surface area (Å²) in [6.07, 6.45) is 5.67. The monoisotopic (exact) mass is 202 g/mol. The van der Waals surface area contributed by atoms with E-state index in [2.05, 4.69) is 50.8 Å². The van der Waals surface area contributed by atoms with Crippen LogP contribution in [0.4, 0.5) is 0 Å². The van der Waals surface area contributed by atoms with Crippen LogP contribution in [0, 0.1) is 5.92 Å². The van der Waals surface area contributed by atoms with Gasteiger partial charge < -0.3 is 0 Å². The van der Waals surface area contributed by atoms with Crippen molar-refractivity contribution in [2.75, 3.05) is 0 Å². The van der Waals surface area contributed by atoms with Gasteiger partial charge in [0.15, 0.2) is 0 Å². The van der Waals surface area contributed by atoms with E-state index in [9.17, 15) is 0 Å². The molecule has 0 amide bonds. The molecular weight excluding hydrogens is 180 g/mol. The van der Waals surface area contributed by atoms with E-state index in [-0.39, 0.29) is 0 Å². The van der Waals surface area contributed by atoms with Gasteiger partial charge in [-0.25, -0.2) is 0 Å². The van der Waals surface area contributed by atoms with Crippen LogP contribution in [0.1, 0.15) is 44.6 Å². The van der Waals surface area contributed by atoms with Crippen molar-refractivity contribution >= 4 is 0 Å². The van der Waals surface area contributed by atoms with Gasteiger partial charge in [0, 0.05) is 0 Å². The lowest BCUT2D eigenvalue weighted by Crippen LogP contribution is -2.03. The van der Waals surface area contributed by atoms with E-state index in [0.29, 0.717) is 5.92 Å². The van der Waals surface area contributed by atoms with Gasteiger partial charge in [0.25, 0.3) is 0 Å². The molecule has 0 spiro atoms. The highest BCUT2D eigenvalue weighted by Crippen LogP contribution is 2.28. The fourth-order valence-corrected chi connectivity index (χ4v) is 1.95. The van der Waals surface area contributed by atoms with Crippen LogP contribution in [0.5, 0.6) is 0 Å². The second kappa shape index (κ2) is 6.44. The molecule has 0 N–H and O–H groups in total. The average molecular weight is 202 g/mol. The summed E-state index contributed by atoms with van der Waals surface area (Å²) in [5.41, 5.74) is 1.46. The van der Waals surface area contributed by atoms with Crippen LogP contribution in [-0.4, -0.2) is 0 Å². The molecule has 15 heavy (non-hydrogen) atoms. The minimum atomic E-state index is 0.652. The first kappa shape index (κ1) is 12.0. The van der Waals surface area contributed by atoms with Crippen LogP contribution in [0.2, 0.25) is 0 Å². The highest BCUT2D eigenvalue weighted by molar-refractivity contribution is 5.20. The summed E-state index contributed by atoms with van der Waals surface area (Å²) in [4.78, 5) is 0. The number of allylic oxidation sites excluding steroid dienone is 1. The molecule has 0 aliphatic rings. The summed E-state index contributed by atoms with van der Waals surface area (Å²) in [5, 5.41) is 0. The van der Waals surface area contributed by atoms with Crippen molar-refractivity contribution in [3.63, 3.8) is 0 Å². The summed E-state index contributed by atoms with van der Waals surface area (Å²) in [7, 11) is 0. The standard InChI is InChI=1S/C15H22/c1-4-9-15(12-13(3)5-2)14-10-7-6-8-11-14/h4,6-8,10-11,13,15H,1,5,9,12H2,2-3H3. The maximum absolute atomic E-state index is 3.86. The predicted molar refractivity (Wildman–Crippen MR) is 68.1 cm³/mol. The van der Waals surface area contributed by atoms with Crippen molar-refractivity contribution in [2.45, 2.75) is 39.0 Å². The Labute approximate surface area is 94.0 Å². The summed E-state index contributed by atoms with van der Waals surface area (Å²) < 4.78 is 0. The van der Waals surface area contributed by atoms with Crippen LogP contribution in [0.3, 0.4) is 0 Å². The average Bonchev–Trinajstić information content (AvgIpc) is 2.29. The fraction of sp³-hybridized carbons (Fsp3) is 0.467. The lowest BCUT2D eigenvalue weighted by Gasteiger charge is -2.19. The molecule has 0 heterocycles. The molecule has 0 aromatic heterocycles. The first-order valence-corrected chi connectivity index (χ1v) is 5.93. The molecule has 82 valence electrons. The number of hydrogen-bond acceptors (Lipinski definition) is 0. The Morgan fingerprint density at radius 2 is 1.93 bits per heavy atom. The summed E-state index contributed by atoms with van der Waals surface area (Å²) in [5.74, 6) is 1.45. The van der Waals surface area contributed by atoms with Crippen LogP contribution < -0.4 is 0 Å². The Hall–Kier alpha value is -1.04. The van der Waals surface area contributed by atoms with Gasteiger partial charge >= 0.3 is 0 Å². The molecule has 0 nitrogen and oxygen atoms in total. The quantitative estimate of drug-likeness (QED) is 0.582. The van der Waals surface area contributed by atoms with E-state index in [1.54, 1.807) is 0 Å². The SMILES string of the molecule is C=CCC(CC(C)CC)c1ccccc1. The summed E-state index contributed by atoms with van der Waals surface area (Å²) in [6.45, 7) is 8.46. The zero-order valence-corrected chi connectivity index (χ0v) is 9.95. The third kappa shape index (κ3) is 3.91. The topological polar surface area (TPSA) is 0 Å². The minimum Gasteiger partial charge on any atom is -0.103 e. The molecule has 0 aliphatic heterocycles. The minimum absolute atomic E-state index is 0.652. The van der Waals surface area contributed by atoms with E-state index in [1.165, 1.54) is 18.4 Å². The molecule has 0 saturated heterocycles. The Morgan fingerprint density at radius 3 is 2.47 bits per heavy atom. The van der Waals surface area contributed by atoms with Crippen molar-refractivity contribution in [3.05, 3.63) is 48.6 Å². The number of hydrogen-bond donors (Lipinski definition) is 0. The largest absolute Gasteiger partial charge is 0.103 e. The van der Waals surface area contributed by atoms with E-state index < -0.39 is 0 Å². The summed E-state index contributed by atoms with van der Waals surface area (Å²) >= 11 is 0. The Kier molecular flexibility index (Phi) is 5.17. The van der Waals surface area contributed by atoms with E-state index in [1.807, 2.05) is 6.08 Å². The highest BCUT2D eigenvalue weighted by atomic mass is 14.2. The van der Waals surface area contributed by atoms with Crippen LogP contribution in [0.15, 0.2) is 43.0 Å².